The third kappa shape index (κ3) is 4.42. The van der Waals surface area contributed by atoms with Crippen molar-refractivity contribution in [2.75, 3.05) is 20.8 Å². The third-order valence-electron chi connectivity index (χ3n) is 3.57. The Labute approximate surface area is 127 Å². The molecule has 120 valence electrons. The highest BCUT2D eigenvalue weighted by Gasteiger charge is 2.35. The van der Waals surface area contributed by atoms with Gasteiger partial charge in [-0.25, -0.2) is 4.39 Å². The maximum atomic E-state index is 14.6. The Balaban J connectivity index is 3.24. The van der Waals surface area contributed by atoms with Crippen LogP contribution in [0.3, 0.4) is 0 Å². The number of nitrogens with one attached hydrogen (secondary N) is 1. The van der Waals surface area contributed by atoms with Crippen LogP contribution < -0.4 is 10.1 Å². The second kappa shape index (κ2) is 7.76. The minimum absolute atomic E-state index is 0.115. The van der Waals surface area contributed by atoms with Crippen molar-refractivity contribution in [2.24, 2.45) is 5.41 Å². The van der Waals surface area contributed by atoms with Gasteiger partial charge in [-0.1, -0.05) is 39.8 Å². The molecule has 1 rings (SSSR count). The lowest BCUT2D eigenvalue weighted by atomic mass is 9.81. The fourth-order valence-corrected chi connectivity index (χ4v) is 2.60. The van der Waals surface area contributed by atoms with E-state index in [0.29, 0.717) is 5.56 Å². The normalized spacial score (nSPS) is 14.8. The van der Waals surface area contributed by atoms with E-state index in [2.05, 4.69) is 33.0 Å². The topological polar surface area (TPSA) is 30.5 Å². The van der Waals surface area contributed by atoms with Crippen LogP contribution in [0.15, 0.2) is 18.2 Å². The third-order valence-corrected chi connectivity index (χ3v) is 3.57. The fourth-order valence-electron chi connectivity index (χ4n) is 2.60. The summed E-state index contributed by atoms with van der Waals surface area (Å²) in [6.07, 6.45) is 0.827. The molecule has 1 aromatic rings. The maximum Gasteiger partial charge on any atom is 0.169 e. The van der Waals surface area contributed by atoms with Crippen LogP contribution in [0.5, 0.6) is 5.75 Å². The first-order chi connectivity index (χ1) is 9.86. The summed E-state index contributed by atoms with van der Waals surface area (Å²) in [5.74, 6) is -0.0561. The van der Waals surface area contributed by atoms with Crippen molar-refractivity contribution in [1.82, 2.24) is 5.32 Å². The minimum atomic E-state index is -0.320. The van der Waals surface area contributed by atoms with Crippen molar-refractivity contribution in [2.45, 2.75) is 46.3 Å². The predicted octanol–water partition coefficient (Wildman–Crippen LogP) is 3.94. The molecule has 0 heterocycles. The molecule has 0 amide bonds. The quantitative estimate of drug-likeness (QED) is 0.827. The second-order valence-corrected chi connectivity index (χ2v) is 6.32. The van der Waals surface area contributed by atoms with Crippen molar-refractivity contribution < 1.29 is 13.9 Å². The zero-order chi connectivity index (χ0) is 16.0. The first kappa shape index (κ1) is 17.9. The molecule has 0 aromatic heterocycles. The van der Waals surface area contributed by atoms with Crippen LogP contribution in [-0.2, 0) is 4.74 Å². The highest BCUT2D eigenvalue weighted by atomic mass is 19.1. The van der Waals surface area contributed by atoms with Gasteiger partial charge in [-0.05, 0) is 24.4 Å². The van der Waals surface area contributed by atoms with E-state index >= 15 is 0 Å². The standard InChI is InChI=1S/C17H28FNO2/c1-7-11-19-15(16(21-6)17(2,3)4)12-9-8-10-13(20-5)14(12)18/h8-10,15-16,19H,7,11H2,1-6H3. The highest BCUT2D eigenvalue weighted by molar-refractivity contribution is 5.34. The molecule has 0 fully saturated rings. The monoisotopic (exact) mass is 297 g/mol. The van der Waals surface area contributed by atoms with Gasteiger partial charge in [0.15, 0.2) is 11.6 Å². The Hall–Kier alpha value is -1.13. The second-order valence-electron chi connectivity index (χ2n) is 6.32. The molecule has 0 aliphatic heterocycles. The molecule has 1 N–H and O–H groups in total. The molecule has 2 atom stereocenters. The van der Waals surface area contributed by atoms with Gasteiger partial charge in [0.05, 0.1) is 19.3 Å². The summed E-state index contributed by atoms with van der Waals surface area (Å²) in [5, 5.41) is 3.41. The lowest BCUT2D eigenvalue weighted by Gasteiger charge is -2.37. The van der Waals surface area contributed by atoms with Gasteiger partial charge in [-0.15, -0.1) is 0 Å². The lowest BCUT2D eigenvalue weighted by molar-refractivity contribution is -0.0128. The van der Waals surface area contributed by atoms with Crippen LogP contribution in [0.1, 0.15) is 45.7 Å². The summed E-state index contributed by atoms with van der Waals surface area (Å²) in [6, 6.07) is 5.02. The number of hydrogen-bond donors (Lipinski definition) is 1. The molecule has 3 nitrogen and oxygen atoms in total. The zero-order valence-electron chi connectivity index (χ0n) is 14.0. The van der Waals surface area contributed by atoms with Gasteiger partial charge in [-0.2, -0.15) is 0 Å². The van der Waals surface area contributed by atoms with E-state index in [1.165, 1.54) is 7.11 Å². The van der Waals surface area contributed by atoms with Gasteiger partial charge in [-0.3, -0.25) is 0 Å². The maximum absolute atomic E-state index is 14.6. The van der Waals surface area contributed by atoms with Crippen molar-refractivity contribution >= 4 is 0 Å². The average molecular weight is 297 g/mol. The van der Waals surface area contributed by atoms with Crippen LogP contribution in [0, 0.1) is 11.2 Å². The van der Waals surface area contributed by atoms with Crippen molar-refractivity contribution in [3.8, 4) is 5.75 Å². The van der Waals surface area contributed by atoms with Gasteiger partial charge in [0.2, 0.25) is 0 Å². The van der Waals surface area contributed by atoms with Crippen LogP contribution in [0.2, 0.25) is 0 Å². The Kier molecular flexibility index (Phi) is 6.62. The zero-order valence-corrected chi connectivity index (χ0v) is 14.0. The number of ether oxygens (including phenoxy) is 2. The molecule has 21 heavy (non-hydrogen) atoms. The Morgan fingerprint density at radius 3 is 2.38 bits per heavy atom. The number of hydrogen-bond acceptors (Lipinski definition) is 3. The molecular weight excluding hydrogens is 269 g/mol. The summed E-state index contributed by atoms with van der Waals surface area (Å²) in [4.78, 5) is 0. The van der Waals surface area contributed by atoms with E-state index in [1.807, 2.05) is 6.07 Å². The molecule has 0 bridgehead atoms. The first-order valence-corrected chi connectivity index (χ1v) is 7.45. The fraction of sp³-hybridized carbons (Fsp3) is 0.647. The van der Waals surface area contributed by atoms with E-state index in [-0.39, 0.29) is 29.1 Å². The number of benzene rings is 1. The number of halogens is 1. The minimum Gasteiger partial charge on any atom is -0.494 e. The number of rotatable bonds is 7. The molecule has 0 aliphatic carbocycles. The molecule has 0 saturated carbocycles. The SMILES string of the molecule is CCCNC(c1cccc(OC)c1F)C(OC)C(C)(C)C. The van der Waals surface area contributed by atoms with Crippen LogP contribution in [0.25, 0.3) is 0 Å². The van der Waals surface area contributed by atoms with E-state index < -0.39 is 0 Å². The largest absolute Gasteiger partial charge is 0.494 e. The van der Waals surface area contributed by atoms with Crippen LogP contribution in [-0.4, -0.2) is 26.9 Å². The predicted molar refractivity (Wildman–Crippen MR) is 84.2 cm³/mol. The van der Waals surface area contributed by atoms with E-state index in [1.54, 1.807) is 19.2 Å². The molecule has 0 spiro atoms. The summed E-state index contributed by atoms with van der Waals surface area (Å²) >= 11 is 0. The van der Waals surface area contributed by atoms with Crippen molar-refractivity contribution in [3.05, 3.63) is 29.6 Å². The Morgan fingerprint density at radius 2 is 1.90 bits per heavy atom. The van der Waals surface area contributed by atoms with E-state index in [4.69, 9.17) is 9.47 Å². The first-order valence-electron chi connectivity index (χ1n) is 7.45. The molecule has 0 aliphatic rings. The molecule has 0 radical (unpaired) electrons. The summed E-state index contributed by atoms with van der Waals surface area (Å²) in [6.45, 7) is 9.18. The molecule has 0 saturated heterocycles. The van der Waals surface area contributed by atoms with Crippen molar-refractivity contribution in [3.63, 3.8) is 0 Å². The van der Waals surface area contributed by atoms with Gasteiger partial charge in [0.25, 0.3) is 0 Å². The van der Waals surface area contributed by atoms with E-state index in [0.717, 1.165) is 13.0 Å². The molecule has 2 unspecified atom stereocenters. The molecular formula is C17H28FNO2. The Bertz CT molecular complexity index is 443. The Morgan fingerprint density at radius 1 is 1.24 bits per heavy atom. The number of methoxy groups -OCH3 is 2. The highest BCUT2D eigenvalue weighted by Crippen LogP contribution is 2.35. The van der Waals surface area contributed by atoms with E-state index in [9.17, 15) is 4.39 Å². The van der Waals surface area contributed by atoms with Crippen LogP contribution >= 0.6 is 0 Å². The van der Waals surface area contributed by atoms with Gasteiger partial charge in [0.1, 0.15) is 0 Å². The van der Waals surface area contributed by atoms with Gasteiger partial charge < -0.3 is 14.8 Å². The summed E-state index contributed by atoms with van der Waals surface area (Å²) in [5.41, 5.74) is 0.472. The van der Waals surface area contributed by atoms with Gasteiger partial charge >= 0.3 is 0 Å². The van der Waals surface area contributed by atoms with Crippen molar-refractivity contribution in [1.29, 1.82) is 0 Å². The average Bonchev–Trinajstić information content (AvgIpc) is 2.42. The summed E-state index contributed by atoms with van der Waals surface area (Å²) in [7, 11) is 3.16. The smallest absolute Gasteiger partial charge is 0.169 e. The lowest BCUT2D eigenvalue weighted by Crippen LogP contribution is -2.42. The molecule has 1 aromatic carbocycles. The summed E-state index contributed by atoms with van der Waals surface area (Å²) < 4.78 is 25.4. The van der Waals surface area contributed by atoms with Crippen LogP contribution in [0.4, 0.5) is 4.39 Å². The van der Waals surface area contributed by atoms with Gasteiger partial charge in [0, 0.05) is 12.7 Å². The molecule has 4 heteroatoms.